The lowest BCUT2D eigenvalue weighted by Gasteiger charge is -2.20. The fraction of sp³-hybridized carbons (Fsp3) is 0.222. The van der Waals surface area contributed by atoms with E-state index in [-0.39, 0.29) is 11.8 Å². The zero-order valence-corrected chi connectivity index (χ0v) is 13.2. The molecule has 1 saturated heterocycles. The van der Waals surface area contributed by atoms with Gasteiger partial charge in [-0.2, -0.15) is 5.11 Å². The molecule has 0 saturated carbocycles. The van der Waals surface area contributed by atoms with Gasteiger partial charge in [-0.1, -0.05) is 53.3 Å². The number of hydrogen-bond acceptors (Lipinski definition) is 5. The molecular formula is C18H16N4O2. The maximum absolute atomic E-state index is 12.8. The van der Waals surface area contributed by atoms with Crippen LogP contribution in [-0.2, 0) is 16.1 Å². The molecule has 2 heterocycles. The largest absolute Gasteiger partial charge is 0.271 e. The molecule has 4 rings (SSSR count). The molecule has 2 amide bonds. The Bertz CT molecular complexity index is 817. The number of rotatable bonds is 3. The van der Waals surface area contributed by atoms with Crippen LogP contribution in [0.25, 0.3) is 0 Å². The average molecular weight is 320 g/mol. The summed E-state index contributed by atoms with van der Waals surface area (Å²) in [4.78, 5) is 26.7. The number of imide groups is 1. The Hall–Kier alpha value is -3.02. The molecular weight excluding hydrogens is 304 g/mol. The fourth-order valence-electron chi connectivity index (χ4n) is 3.07. The first kappa shape index (κ1) is 14.6. The van der Waals surface area contributed by atoms with Crippen LogP contribution in [0.15, 0.2) is 64.9 Å². The summed E-state index contributed by atoms with van der Waals surface area (Å²) in [6, 6.07) is 15.6. The Morgan fingerprint density at radius 2 is 1.67 bits per heavy atom. The van der Waals surface area contributed by atoms with Crippen molar-refractivity contribution in [2.45, 2.75) is 25.6 Å². The van der Waals surface area contributed by atoms with Gasteiger partial charge in [0.15, 0.2) is 12.1 Å². The highest BCUT2D eigenvalue weighted by molar-refractivity contribution is 6.25. The third kappa shape index (κ3) is 2.27. The molecule has 0 N–H and O–H groups in total. The summed E-state index contributed by atoms with van der Waals surface area (Å²) in [5.74, 6) is -0.581. The summed E-state index contributed by atoms with van der Waals surface area (Å²) in [5, 5.41) is 9.69. The average Bonchev–Trinajstić information content (AvgIpc) is 3.11. The van der Waals surface area contributed by atoms with Crippen LogP contribution in [0.4, 0.5) is 5.69 Å². The van der Waals surface area contributed by atoms with Gasteiger partial charge in [0.2, 0.25) is 0 Å². The van der Waals surface area contributed by atoms with Gasteiger partial charge in [0.25, 0.3) is 11.8 Å². The maximum atomic E-state index is 12.8. The van der Waals surface area contributed by atoms with Gasteiger partial charge in [0, 0.05) is 0 Å². The van der Waals surface area contributed by atoms with Crippen molar-refractivity contribution in [1.29, 1.82) is 0 Å². The number of hydrogen-bond donors (Lipinski definition) is 0. The standard InChI is InChI=1S/C18H16N4O2/c1-12-7-9-14(10-8-12)22-17(23)15-16(18(22)24)21(20-19-15)11-13-5-3-2-4-6-13/h2-10,15-16H,11H2,1H3. The SMILES string of the molecule is Cc1ccc(N2C(=O)C3N=NN(Cc4ccccc4)C3C2=O)cc1. The van der Waals surface area contributed by atoms with Gasteiger partial charge in [0.05, 0.1) is 12.2 Å². The topological polar surface area (TPSA) is 65.3 Å². The predicted molar refractivity (Wildman–Crippen MR) is 88.1 cm³/mol. The molecule has 0 radical (unpaired) electrons. The second-order valence-electron chi connectivity index (χ2n) is 6.03. The van der Waals surface area contributed by atoms with E-state index in [1.807, 2.05) is 49.4 Å². The van der Waals surface area contributed by atoms with Crippen molar-refractivity contribution in [2.75, 3.05) is 4.90 Å². The van der Waals surface area contributed by atoms with Crippen molar-refractivity contribution < 1.29 is 9.59 Å². The van der Waals surface area contributed by atoms with Crippen LogP contribution in [0.2, 0.25) is 0 Å². The summed E-state index contributed by atoms with van der Waals surface area (Å²) >= 11 is 0. The van der Waals surface area contributed by atoms with Crippen molar-refractivity contribution >= 4 is 17.5 Å². The highest BCUT2D eigenvalue weighted by Gasteiger charge is 2.54. The van der Waals surface area contributed by atoms with Gasteiger partial charge < -0.3 is 0 Å². The molecule has 2 atom stereocenters. The van der Waals surface area contributed by atoms with E-state index in [4.69, 9.17) is 0 Å². The van der Waals surface area contributed by atoms with Gasteiger partial charge in [-0.3, -0.25) is 14.6 Å². The van der Waals surface area contributed by atoms with Crippen LogP contribution in [0, 0.1) is 6.92 Å². The lowest BCUT2D eigenvalue weighted by Crippen LogP contribution is -2.39. The molecule has 2 aromatic carbocycles. The van der Waals surface area contributed by atoms with Crippen LogP contribution < -0.4 is 4.90 Å². The van der Waals surface area contributed by atoms with Crippen LogP contribution in [0.5, 0.6) is 0 Å². The van der Waals surface area contributed by atoms with Gasteiger partial charge in [-0.05, 0) is 24.6 Å². The molecule has 24 heavy (non-hydrogen) atoms. The molecule has 1 fully saturated rings. The highest BCUT2D eigenvalue weighted by atomic mass is 16.2. The minimum atomic E-state index is -0.748. The molecule has 2 unspecified atom stereocenters. The smallest absolute Gasteiger partial charge is 0.263 e. The van der Waals surface area contributed by atoms with Crippen molar-refractivity contribution in [3.05, 3.63) is 65.7 Å². The third-order valence-corrected chi connectivity index (χ3v) is 4.34. The summed E-state index contributed by atoms with van der Waals surface area (Å²) in [6.07, 6.45) is 0. The van der Waals surface area contributed by atoms with E-state index in [1.165, 1.54) is 4.90 Å². The molecule has 0 aromatic heterocycles. The molecule has 6 heteroatoms. The summed E-state index contributed by atoms with van der Waals surface area (Å²) in [5.41, 5.74) is 2.68. The maximum Gasteiger partial charge on any atom is 0.263 e. The third-order valence-electron chi connectivity index (χ3n) is 4.34. The monoisotopic (exact) mass is 320 g/mol. The van der Waals surface area contributed by atoms with E-state index in [1.54, 1.807) is 17.1 Å². The number of aryl methyl sites for hydroxylation is 1. The molecule has 0 aliphatic carbocycles. The van der Waals surface area contributed by atoms with E-state index in [9.17, 15) is 9.59 Å². The minimum Gasteiger partial charge on any atom is -0.271 e. The van der Waals surface area contributed by atoms with E-state index >= 15 is 0 Å². The number of anilines is 1. The van der Waals surface area contributed by atoms with Gasteiger partial charge >= 0.3 is 0 Å². The highest BCUT2D eigenvalue weighted by Crippen LogP contribution is 2.32. The van der Waals surface area contributed by atoms with Crippen molar-refractivity contribution in [3.8, 4) is 0 Å². The van der Waals surface area contributed by atoms with Crippen LogP contribution in [0.1, 0.15) is 11.1 Å². The van der Waals surface area contributed by atoms with Crippen LogP contribution in [0.3, 0.4) is 0 Å². The zero-order chi connectivity index (χ0) is 16.7. The normalized spacial score (nSPS) is 22.4. The van der Waals surface area contributed by atoms with Crippen molar-refractivity contribution in [3.63, 3.8) is 0 Å². The Morgan fingerprint density at radius 3 is 2.38 bits per heavy atom. The van der Waals surface area contributed by atoms with Gasteiger partial charge in [-0.25, -0.2) is 4.90 Å². The van der Waals surface area contributed by atoms with E-state index in [2.05, 4.69) is 10.3 Å². The predicted octanol–water partition coefficient (Wildman–Crippen LogP) is 2.49. The minimum absolute atomic E-state index is 0.269. The Labute approximate surface area is 139 Å². The summed E-state index contributed by atoms with van der Waals surface area (Å²) in [6.45, 7) is 2.41. The second-order valence-corrected chi connectivity index (χ2v) is 6.03. The lowest BCUT2D eigenvalue weighted by atomic mass is 10.1. The quantitative estimate of drug-likeness (QED) is 0.816. The summed E-state index contributed by atoms with van der Waals surface area (Å²) in [7, 11) is 0. The van der Waals surface area contributed by atoms with E-state index < -0.39 is 12.1 Å². The molecule has 2 aliphatic rings. The lowest BCUT2D eigenvalue weighted by molar-refractivity contribution is -0.123. The Balaban J connectivity index is 1.61. The number of carbonyl (C=O) groups is 2. The second kappa shape index (κ2) is 5.56. The van der Waals surface area contributed by atoms with Crippen LogP contribution >= 0.6 is 0 Å². The molecule has 2 aliphatic heterocycles. The molecule has 6 nitrogen and oxygen atoms in total. The fourth-order valence-corrected chi connectivity index (χ4v) is 3.07. The van der Waals surface area contributed by atoms with E-state index in [0.717, 1.165) is 11.1 Å². The Morgan fingerprint density at radius 1 is 0.958 bits per heavy atom. The van der Waals surface area contributed by atoms with Crippen molar-refractivity contribution in [2.24, 2.45) is 10.3 Å². The number of benzene rings is 2. The number of amides is 2. The first-order valence-electron chi connectivity index (χ1n) is 7.81. The molecule has 2 aromatic rings. The van der Waals surface area contributed by atoms with E-state index in [0.29, 0.717) is 12.2 Å². The Kier molecular flexibility index (Phi) is 3.37. The first-order valence-corrected chi connectivity index (χ1v) is 7.81. The number of nitrogens with zero attached hydrogens (tertiary/aromatic N) is 4. The summed E-state index contributed by atoms with van der Waals surface area (Å²) < 4.78 is 0. The molecule has 0 spiro atoms. The first-order chi connectivity index (χ1) is 11.6. The molecule has 0 bridgehead atoms. The van der Waals surface area contributed by atoms with Crippen molar-refractivity contribution in [1.82, 2.24) is 5.01 Å². The number of fused-ring (bicyclic) bond motifs is 1. The number of carbonyl (C=O) groups excluding carboxylic acids is 2. The van der Waals surface area contributed by atoms with Crippen LogP contribution in [-0.4, -0.2) is 28.9 Å². The molecule has 120 valence electrons. The zero-order valence-electron chi connectivity index (χ0n) is 13.2. The van der Waals surface area contributed by atoms with Gasteiger partial charge in [0.1, 0.15) is 0 Å². The van der Waals surface area contributed by atoms with Gasteiger partial charge in [-0.15, -0.1) is 0 Å².